The summed E-state index contributed by atoms with van der Waals surface area (Å²) in [6, 6.07) is 14.1. The monoisotopic (exact) mass is 413 g/mol. The third-order valence-electron chi connectivity index (χ3n) is 7.38. The van der Waals surface area contributed by atoms with E-state index >= 15 is 0 Å². The number of carbonyl (C=O) groups excluding carboxylic acids is 1. The number of aryl methyl sites for hydroxylation is 3. The van der Waals surface area contributed by atoms with Crippen molar-refractivity contribution in [1.29, 1.82) is 5.26 Å². The fourth-order valence-corrected chi connectivity index (χ4v) is 6.09. The van der Waals surface area contributed by atoms with E-state index in [2.05, 4.69) is 39.0 Å². The Hall–Kier alpha value is -2.90. The normalized spacial score (nSPS) is 28.8. The highest BCUT2D eigenvalue weighted by Gasteiger charge is 2.62. The minimum atomic E-state index is -0.300. The van der Waals surface area contributed by atoms with Gasteiger partial charge >= 0.3 is 0 Å². The summed E-state index contributed by atoms with van der Waals surface area (Å²) in [5.74, 6) is -0.272. The van der Waals surface area contributed by atoms with Crippen molar-refractivity contribution in [3.63, 3.8) is 0 Å². The standard InChI is InChI=1S/C27H27NO3/c1-4-16-9-14(3)10-17(5-2)21(16)23-25(29)22-20-12-19(27(31-20)24(22)26(23)30)18-8-6-7-15(11-18)13-28/h6-11,19-20,22,24,27,30H,4-5,12H2,1-3H3/t19?,20-,22-,24+,27+/m0/s1. The van der Waals surface area contributed by atoms with Crippen LogP contribution in [0, 0.1) is 30.1 Å². The van der Waals surface area contributed by atoms with Crippen molar-refractivity contribution in [2.24, 2.45) is 11.8 Å². The Morgan fingerprint density at radius 1 is 1.13 bits per heavy atom. The predicted molar refractivity (Wildman–Crippen MR) is 119 cm³/mol. The van der Waals surface area contributed by atoms with Gasteiger partial charge in [-0.3, -0.25) is 4.79 Å². The molecule has 1 unspecified atom stereocenters. The maximum Gasteiger partial charge on any atom is 0.173 e. The summed E-state index contributed by atoms with van der Waals surface area (Å²) < 4.78 is 6.24. The van der Waals surface area contributed by atoms with Crippen LogP contribution >= 0.6 is 0 Å². The van der Waals surface area contributed by atoms with Crippen molar-refractivity contribution < 1.29 is 14.6 Å². The number of hydrogen-bond acceptors (Lipinski definition) is 4. The molecular weight excluding hydrogens is 386 g/mol. The number of Topliss-reactive ketones (excluding diaryl/α,β-unsaturated/α-hetero) is 1. The van der Waals surface area contributed by atoms with Crippen LogP contribution in [0.25, 0.3) is 5.57 Å². The molecule has 2 aliphatic heterocycles. The lowest BCUT2D eigenvalue weighted by Gasteiger charge is -2.27. The number of fused-ring (bicyclic) bond motifs is 5. The molecule has 2 fully saturated rings. The Morgan fingerprint density at radius 2 is 1.84 bits per heavy atom. The first kappa shape index (κ1) is 20.0. The molecule has 5 atom stereocenters. The molecule has 1 aliphatic carbocycles. The molecule has 4 nitrogen and oxygen atoms in total. The molecule has 2 aromatic rings. The van der Waals surface area contributed by atoms with Crippen LogP contribution in [0.15, 0.2) is 42.2 Å². The first-order valence-corrected chi connectivity index (χ1v) is 11.2. The number of allylic oxidation sites excluding steroid dienone is 1. The summed E-state index contributed by atoms with van der Waals surface area (Å²) in [4.78, 5) is 13.6. The summed E-state index contributed by atoms with van der Waals surface area (Å²) >= 11 is 0. The van der Waals surface area contributed by atoms with Gasteiger partial charge in [-0.15, -0.1) is 0 Å². The quantitative estimate of drug-likeness (QED) is 0.763. The summed E-state index contributed by atoms with van der Waals surface area (Å²) in [5, 5.41) is 20.7. The third-order valence-corrected chi connectivity index (χ3v) is 7.38. The number of aliphatic hydroxyl groups excluding tert-OH is 1. The van der Waals surface area contributed by atoms with Gasteiger partial charge in [0.2, 0.25) is 0 Å². The van der Waals surface area contributed by atoms with Crippen molar-refractivity contribution in [3.05, 3.63) is 75.5 Å². The van der Waals surface area contributed by atoms with Crippen LogP contribution in [0.2, 0.25) is 0 Å². The van der Waals surface area contributed by atoms with E-state index in [1.807, 2.05) is 18.2 Å². The zero-order valence-corrected chi connectivity index (χ0v) is 18.2. The first-order chi connectivity index (χ1) is 15.0. The van der Waals surface area contributed by atoms with E-state index in [-0.39, 0.29) is 41.5 Å². The van der Waals surface area contributed by atoms with Crippen LogP contribution in [0.1, 0.15) is 59.6 Å². The van der Waals surface area contributed by atoms with E-state index in [4.69, 9.17) is 4.74 Å². The van der Waals surface area contributed by atoms with E-state index < -0.39 is 0 Å². The molecule has 2 heterocycles. The minimum absolute atomic E-state index is 0.0347. The topological polar surface area (TPSA) is 70.3 Å². The Bertz CT molecular complexity index is 1130. The summed E-state index contributed by atoms with van der Waals surface area (Å²) in [6.07, 6.45) is 1.97. The molecule has 0 spiro atoms. The molecule has 0 amide bonds. The molecule has 5 rings (SSSR count). The van der Waals surface area contributed by atoms with Crippen molar-refractivity contribution in [1.82, 2.24) is 0 Å². The molecule has 31 heavy (non-hydrogen) atoms. The lowest BCUT2D eigenvalue weighted by molar-refractivity contribution is -0.118. The fourth-order valence-electron chi connectivity index (χ4n) is 6.09. The maximum atomic E-state index is 13.6. The lowest BCUT2D eigenvalue weighted by atomic mass is 9.72. The van der Waals surface area contributed by atoms with E-state index in [0.717, 1.165) is 41.5 Å². The molecular formula is C27H27NO3. The second-order valence-corrected chi connectivity index (χ2v) is 9.06. The molecule has 1 N–H and O–H groups in total. The summed E-state index contributed by atoms with van der Waals surface area (Å²) in [6.45, 7) is 6.27. The highest BCUT2D eigenvalue weighted by molar-refractivity contribution is 6.26. The number of nitriles is 1. The number of benzene rings is 2. The van der Waals surface area contributed by atoms with Gasteiger partial charge in [-0.25, -0.2) is 0 Å². The van der Waals surface area contributed by atoms with Gasteiger partial charge < -0.3 is 9.84 Å². The minimum Gasteiger partial charge on any atom is -0.511 e. The van der Waals surface area contributed by atoms with Gasteiger partial charge in [0.1, 0.15) is 5.76 Å². The third kappa shape index (κ3) is 2.87. The second-order valence-electron chi connectivity index (χ2n) is 9.06. The highest BCUT2D eigenvalue weighted by Crippen LogP contribution is 2.58. The number of ether oxygens (including phenoxy) is 1. The van der Waals surface area contributed by atoms with Gasteiger partial charge in [0.25, 0.3) is 0 Å². The SMILES string of the molecule is CCc1cc(C)cc(CC)c1C1=C(O)[C@H]2[C@@H](C1=O)[C@@H]1CC(c3cccc(C#N)c3)[C@H]2O1. The van der Waals surface area contributed by atoms with E-state index in [1.165, 1.54) is 5.56 Å². The van der Waals surface area contributed by atoms with Crippen LogP contribution in [0.4, 0.5) is 0 Å². The molecule has 0 radical (unpaired) electrons. The number of ketones is 1. The smallest absolute Gasteiger partial charge is 0.173 e. The predicted octanol–water partition coefficient (Wildman–Crippen LogP) is 5.03. The van der Waals surface area contributed by atoms with Crippen LogP contribution < -0.4 is 0 Å². The molecule has 2 bridgehead atoms. The van der Waals surface area contributed by atoms with Crippen LogP contribution in [-0.2, 0) is 22.4 Å². The molecule has 2 aromatic carbocycles. The molecule has 2 saturated heterocycles. The molecule has 3 aliphatic rings. The molecule has 158 valence electrons. The Kier molecular flexibility index (Phi) is 4.75. The van der Waals surface area contributed by atoms with Crippen LogP contribution in [-0.4, -0.2) is 23.1 Å². The van der Waals surface area contributed by atoms with Crippen molar-refractivity contribution in [2.75, 3.05) is 0 Å². The number of hydrogen-bond donors (Lipinski definition) is 1. The molecule has 0 saturated carbocycles. The van der Waals surface area contributed by atoms with Crippen LogP contribution in [0.5, 0.6) is 0 Å². The maximum absolute atomic E-state index is 13.6. The molecule has 0 aromatic heterocycles. The Labute approximate surface area is 183 Å². The van der Waals surface area contributed by atoms with E-state index in [1.54, 1.807) is 6.07 Å². The van der Waals surface area contributed by atoms with Gasteiger partial charge in [0, 0.05) is 5.92 Å². The van der Waals surface area contributed by atoms with Crippen molar-refractivity contribution >= 4 is 11.4 Å². The largest absolute Gasteiger partial charge is 0.511 e. The number of rotatable bonds is 4. The number of aliphatic hydroxyl groups is 1. The average Bonchev–Trinajstić information content (AvgIpc) is 3.45. The van der Waals surface area contributed by atoms with E-state index in [0.29, 0.717) is 11.1 Å². The number of carbonyl (C=O) groups is 1. The zero-order chi connectivity index (χ0) is 21.9. The van der Waals surface area contributed by atoms with Crippen molar-refractivity contribution in [2.45, 2.75) is 58.2 Å². The number of nitrogens with zero attached hydrogens (tertiary/aromatic N) is 1. The van der Waals surface area contributed by atoms with Gasteiger partial charge in [0.15, 0.2) is 5.78 Å². The fraction of sp³-hybridized carbons (Fsp3) is 0.407. The Morgan fingerprint density at radius 3 is 2.48 bits per heavy atom. The highest BCUT2D eigenvalue weighted by atomic mass is 16.5. The van der Waals surface area contributed by atoms with Gasteiger partial charge in [-0.05, 0) is 60.6 Å². The van der Waals surface area contributed by atoms with Gasteiger partial charge in [-0.1, -0.05) is 43.7 Å². The lowest BCUT2D eigenvalue weighted by Crippen LogP contribution is -2.33. The summed E-state index contributed by atoms with van der Waals surface area (Å²) in [5.41, 5.74) is 6.57. The second kappa shape index (κ2) is 7.35. The average molecular weight is 414 g/mol. The first-order valence-electron chi connectivity index (χ1n) is 11.2. The van der Waals surface area contributed by atoms with Crippen LogP contribution in [0.3, 0.4) is 0 Å². The van der Waals surface area contributed by atoms with Gasteiger partial charge in [-0.2, -0.15) is 5.26 Å². The van der Waals surface area contributed by atoms with E-state index in [9.17, 15) is 15.2 Å². The summed E-state index contributed by atoms with van der Waals surface area (Å²) in [7, 11) is 0. The Balaban J connectivity index is 1.59. The van der Waals surface area contributed by atoms with Crippen molar-refractivity contribution in [3.8, 4) is 6.07 Å². The molecule has 4 heteroatoms. The van der Waals surface area contributed by atoms with Gasteiger partial charge in [0.05, 0.1) is 41.2 Å². The zero-order valence-electron chi connectivity index (χ0n) is 18.2.